The average molecular weight is 238 g/mol. The first-order valence-electron chi connectivity index (χ1n) is 5.42. The lowest BCUT2D eigenvalue weighted by molar-refractivity contribution is 0.0600. The van der Waals surface area contributed by atoms with Crippen molar-refractivity contribution in [2.24, 2.45) is 0 Å². The second kappa shape index (κ2) is 5.63. The standard InChI is InChI=1S/C12H18N2O3/c1-12(2,5-7-15)14-10-8-9(4-6-13-10)11(16)17-3/h4,6,8,15H,5,7H2,1-3H3,(H,13,14). The van der Waals surface area contributed by atoms with Crippen LogP contribution in [0.3, 0.4) is 0 Å². The lowest BCUT2D eigenvalue weighted by atomic mass is 10.0. The molecule has 0 saturated heterocycles. The second-order valence-corrected chi connectivity index (χ2v) is 4.40. The van der Waals surface area contributed by atoms with Crippen LogP contribution in [0.2, 0.25) is 0 Å². The fraction of sp³-hybridized carbons (Fsp3) is 0.500. The van der Waals surface area contributed by atoms with Gasteiger partial charge in [0.05, 0.1) is 12.7 Å². The number of anilines is 1. The minimum absolute atomic E-state index is 0.0939. The van der Waals surface area contributed by atoms with Gasteiger partial charge in [-0.25, -0.2) is 9.78 Å². The van der Waals surface area contributed by atoms with Crippen LogP contribution in [0.5, 0.6) is 0 Å². The average Bonchev–Trinajstić information content (AvgIpc) is 2.27. The summed E-state index contributed by atoms with van der Waals surface area (Å²) < 4.78 is 4.63. The molecule has 0 aliphatic heterocycles. The van der Waals surface area contributed by atoms with Crippen LogP contribution in [-0.4, -0.2) is 35.3 Å². The first-order valence-corrected chi connectivity index (χ1v) is 5.42. The molecule has 0 aromatic carbocycles. The zero-order chi connectivity index (χ0) is 12.9. The molecule has 1 aromatic rings. The third kappa shape index (κ3) is 4.03. The molecule has 0 aliphatic carbocycles. The van der Waals surface area contributed by atoms with Gasteiger partial charge in [0.1, 0.15) is 5.82 Å². The molecule has 0 fully saturated rings. The molecule has 0 bridgehead atoms. The molecular weight excluding hydrogens is 220 g/mol. The maximum Gasteiger partial charge on any atom is 0.338 e. The van der Waals surface area contributed by atoms with E-state index in [1.54, 1.807) is 18.3 Å². The topological polar surface area (TPSA) is 71.5 Å². The summed E-state index contributed by atoms with van der Waals surface area (Å²) in [5.74, 6) is 0.196. The zero-order valence-electron chi connectivity index (χ0n) is 10.4. The van der Waals surface area contributed by atoms with Crippen LogP contribution in [0, 0.1) is 0 Å². The van der Waals surface area contributed by atoms with E-state index in [0.29, 0.717) is 17.8 Å². The van der Waals surface area contributed by atoms with Crippen molar-refractivity contribution < 1.29 is 14.6 Å². The number of nitrogens with one attached hydrogen (secondary N) is 1. The molecule has 0 saturated carbocycles. The summed E-state index contributed by atoms with van der Waals surface area (Å²) in [7, 11) is 1.34. The summed E-state index contributed by atoms with van der Waals surface area (Å²) in [5, 5.41) is 12.1. The molecule has 94 valence electrons. The molecule has 0 atom stereocenters. The van der Waals surface area contributed by atoms with E-state index in [0.717, 1.165) is 0 Å². The van der Waals surface area contributed by atoms with Crippen molar-refractivity contribution in [1.29, 1.82) is 0 Å². The van der Waals surface area contributed by atoms with E-state index >= 15 is 0 Å². The molecule has 1 heterocycles. The van der Waals surface area contributed by atoms with E-state index in [1.807, 2.05) is 13.8 Å². The number of carbonyl (C=O) groups excluding carboxylic acids is 1. The third-order valence-corrected chi connectivity index (χ3v) is 2.38. The van der Waals surface area contributed by atoms with Gasteiger partial charge in [-0.2, -0.15) is 0 Å². The van der Waals surface area contributed by atoms with Gasteiger partial charge in [0.15, 0.2) is 0 Å². The number of rotatable bonds is 5. The molecule has 2 N–H and O–H groups in total. The maximum atomic E-state index is 11.3. The number of hydrogen-bond donors (Lipinski definition) is 2. The summed E-state index contributed by atoms with van der Waals surface area (Å²) in [6.45, 7) is 4.00. The van der Waals surface area contributed by atoms with Crippen molar-refractivity contribution in [3.63, 3.8) is 0 Å². The predicted molar refractivity (Wildman–Crippen MR) is 65.0 cm³/mol. The Bertz CT molecular complexity index is 391. The second-order valence-electron chi connectivity index (χ2n) is 4.40. The van der Waals surface area contributed by atoms with E-state index in [2.05, 4.69) is 15.0 Å². The Morgan fingerprint density at radius 3 is 2.88 bits per heavy atom. The number of nitrogens with zero attached hydrogens (tertiary/aromatic N) is 1. The summed E-state index contributed by atoms with van der Waals surface area (Å²) in [5.41, 5.74) is 0.168. The normalized spacial score (nSPS) is 11.1. The Kier molecular flexibility index (Phi) is 4.45. The summed E-state index contributed by atoms with van der Waals surface area (Å²) >= 11 is 0. The highest BCUT2D eigenvalue weighted by molar-refractivity contribution is 5.90. The Hall–Kier alpha value is -1.62. The molecule has 5 nitrogen and oxygen atoms in total. The van der Waals surface area contributed by atoms with Crippen LogP contribution in [0.4, 0.5) is 5.82 Å². The third-order valence-electron chi connectivity index (χ3n) is 2.38. The summed E-state index contributed by atoms with van der Waals surface area (Å²) in [6, 6.07) is 3.22. The van der Waals surface area contributed by atoms with Crippen LogP contribution >= 0.6 is 0 Å². The smallest absolute Gasteiger partial charge is 0.338 e. The van der Waals surface area contributed by atoms with Gasteiger partial charge in [-0.1, -0.05) is 0 Å². The summed E-state index contributed by atoms with van der Waals surface area (Å²) in [6.07, 6.45) is 2.14. The number of aromatic nitrogens is 1. The van der Waals surface area contributed by atoms with Gasteiger partial charge < -0.3 is 15.2 Å². The van der Waals surface area contributed by atoms with Gasteiger partial charge in [0, 0.05) is 18.3 Å². The molecule has 0 amide bonds. The zero-order valence-corrected chi connectivity index (χ0v) is 10.4. The predicted octanol–water partition coefficient (Wildman–Crippen LogP) is 1.44. The largest absolute Gasteiger partial charge is 0.465 e. The number of pyridine rings is 1. The molecule has 17 heavy (non-hydrogen) atoms. The number of esters is 1. The number of carbonyl (C=O) groups is 1. The highest BCUT2D eigenvalue weighted by Crippen LogP contribution is 2.17. The van der Waals surface area contributed by atoms with Gasteiger partial charge in [-0.15, -0.1) is 0 Å². The molecule has 0 unspecified atom stereocenters. The molecule has 0 spiro atoms. The van der Waals surface area contributed by atoms with Crippen LogP contribution in [0.25, 0.3) is 0 Å². The molecule has 0 radical (unpaired) electrons. The van der Waals surface area contributed by atoms with Gasteiger partial charge in [0.25, 0.3) is 0 Å². The van der Waals surface area contributed by atoms with Crippen molar-refractivity contribution in [2.75, 3.05) is 19.0 Å². The molecule has 0 aliphatic rings. The number of aliphatic hydroxyl groups is 1. The highest BCUT2D eigenvalue weighted by Gasteiger charge is 2.17. The van der Waals surface area contributed by atoms with Crippen LogP contribution in [0.15, 0.2) is 18.3 Å². The number of methoxy groups -OCH3 is 1. The van der Waals surface area contributed by atoms with Crippen molar-refractivity contribution >= 4 is 11.8 Å². The van der Waals surface area contributed by atoms with E-state index in [-0.39, 0.29) is 12.1 Å². The molecule has 1 aromatic heterocycles. The van der Waals surface area contributed by atoms with Crippen LogP contribution in [-0.2, 0) is 4.74 Å². The molecule has 1 rings (SSSR count). The fourth-order valence-electron chi connectivity index (χ4n) is 1.43. The Balaban J connectivity index is 2.82. The van der Waals surface area contributed by atoms with Crippen LogP contribution < -0.4 is 5.32 Å². The monoisotopic (exact) mass is 238 g/mol. The van der Waals surface area contributed by atoms with Crippen molar-refractivity contribution in [3.8, 4) is 0 Å². The lowest BCUT2D eigenvalue weighted by Gasteiger charge is -2.26. The number of ether oxygens (including phenoxy) is 1. The number of aliphatic hydroxyl groups excluding tert-OH is 1. The fourth-order valence-corrected chi connectivity index (χ4v) is 1.43. The Morgan fingerprint density at radius 1 is 1.59 bits per heavy atom. The first-order chi connectivity index (χ1) is 7.98. The SMILES string of the molecule is COC(=O)c1ccnc(NC(C)(C)CCO)c1. The van der Waals surface area contributed by atoms with Gasteiger partial charge in [-0.05, 0) is 32.4 Å². The van der Waals surface area contributed by atoms with Gasteiger partial charge in [-0.3, -0.25) is 0 Å². The Labute approximate surface area is 101 Å². The minimum atomic E-state index is -0.393. The molecular formula is C12H18N2O3. The summed E-state index contributed by atoms with van der Waals surface area (Å²) in [4.78, 5) is 15.5. The molecule has 5 heteroatoms. The first kappa shape index (κ1) is 13.4. The van der Waals surface area contributed by atoms with Crippen LogP contribution in [0.1, 0.15) is 30.6 Å². The lowest BCUT2D eigenvalue weighted by Crippen LogP contribution is -2.32. The van der Waals surface area contributed by atoms with E-state index in [4.69, 9.17) is 5.11 Å². The highest BCUT2D eigenvalue weighted by atomic mass is 16.5. The van der Waals surface area contributed by atoms with E-state index in [9.17, 15) is 4.79 Å². The quantitative estimate of drug-likeness (QED) is 0.759. The van der Waals surface area contributed by atoms with Gasteiger partial charge in [0.2, 0.25) is 0 Å². The maximum absolute atomic E-state index is 11.3. The van der Waals surface area contributed by atoms with Crippen molar-refractivity contribution in [3.05, 3.63) is 23.9 Å². The number of hydrogen-bond acceptors (Lipinski definition) is 5. The van der Waals surface area contributed by atoms with Gasteiger partial charge >= 0.3 is 5.97 Å². The van der Waals surface area contributed by atoms with E-state index < -0.39 is 5.97 Å². The van der Waals surface area contributed by atoms with E-state index in [1.165, 1.54) is 7.11 Å². The van der Waals surface area contributed by atoms with Crippen molar-refractivity contribution in [2.45, 2.75) is 25.8 Å². The van der Waals surface area contributed by atoms with Crippen molar-refractivity contribution in [1.82, 2.24) is 4.98 Å². The minimum Gasteiger partial charge on any atom is -0.465 e. The Morgan fingerprint density at radius 2 is 2.29 bits per heavy atom.